The first-order valence-corrected chi connectivity index (χ1v) is 6.67. The van der Waals surface area contributed by atoms with E-state index in [0.717, 1.165) is 38.2 Å². The van der Waals surface area contributed by atoms with E-state index in [1.165, 1.54) is 25.8 Å². The second kappa shape index (κ2) is 8.04. The summed E-state index contributed by atoms with van der Waals surface area (Å²) in [5.74, 6) is 0.746. The van der Waals surface area contributed by atoms with Crippen molar-refractivity contribution in [3.05, 3.63) is 0 Å². The zero-order valence-electron chi connectivity index (χ0n) is 11.2. The molecule has 0 aromatic rings. The standard InChI is InChI=1S/C13H28N2O/c1-12(2)10-14-11-13-6-4-5-7-15(13)8-9-16-3/h12-14H,4-11H2,1-3H3. The molecule has 1 N–H and O–H groups in total. The Morgan fingerprint density at radius 2 is 2.19 bits per heavy atom. The van der Waals surface area contributed by atoms with Crippen LogP contribution in [0.15, 0.2) is 0 Å². The molecule has 0 aromatic heterocycles. The summed E-state index contributed by atoms with van der Waals surface area (Å²) in [6, 6.07) is 0.725. The van der Waals surface area contributed by atoms with Gasteiger partial charge in [0.2, 0.25) is 0 Å². The van der Waals surface area contributed by atoms with Crippen LogP contribution in [0, 0.1) is 5.92 Å². The van der Waals surface area contributed by atoms with Crippen LogP contribution in [-0.4, -0.2) is 50.8 Å². The van der Waals surface area contributed by atoms with Gasteiger partial charge in [0, 0.05) is 26.2 Å². The zero-order valence-corrected chi connectivity index (χ0v) is 11.2. The number of ether oxygens (including phenoxy) is 1. The summed E-state index contributed by atoms with van der Waals surface area (Å²) in [5, 5.41) is 3.58. The van der Waals surface area contributed by atoms with Gasteiger partial charge in [-0.05, 0) is 31.8 Å². The molecule has 0 saturated carbocycles. The van der Waals surface area contributed by atoms with Crippen LogP contribution in [0.4, 0.5) is 0 Å². The Morgan fingerprint density at radius 3 is 2.88 bits per heavy atom. The lowest BCUT2D eigenvalue weighted by Crippen LogP contribution is -2.47. The highest BCUT2D eigenvalue weighted by atomic mass is 16.5. The highest BCUT2D eigenvalue weighted by molar-refractivity contribution is 4.78. The number of nitrogens with zero attached hydrogens (tertiary/aromatic N) is 1. The molecule has 16 heavy (non-hydrogen) atoms. The van der Waals surface area contributed by atoms with Crippen LogP contribution in [0.2, 0.25) is 0 Å². The molecule has 0 bridgehead atoms. The zero-order chi connectivity index (χ0) is 11.8. The first-order valence-electron chi connectivity index (χ1n) is 6.67. The van der Waals surface area contributed by atoms with Gasteiger partial charge in [0.05, 0.1) is 6.61 Å². The van der Waals surface area contributed by atoms with E-state index in [4.69, 9.17) is 4.74 Å². The molecule has 1 unspecified atom stereocenters. The Balaban J connectivity index is 2.23. The smallest absolute Gasteiger partial charge is 0.0589 e. The fourth-order valence-electron chi connectivity index (χ4n) is 2.33. The first kappa shape index (κ1) is 13.9. The van der Waals surface area contributed by atoms with Gasteiger partial charge in [0.15, 0.2) is 0 Å². The van der Waals surface area contributed by atoms with Gasteiger partial charge in [-0.25, -0.2) is 0 Å². The van der Waals surface area contributed by atoms with Crippen molar-refractivity contribution in [3.63, 3.8) is 0 Å². The van der Waals surface area contributed by atoms with Crippen LogP contribution in [-0.2, 0) is 4.74 Å². The number of nitrogens with one attached hydrogen (secondary N) is 1. The average molecular weight is 228 g/mol. The highest BCUT2D eigenvalue weighted by Gasteiger charge is 2.21. The summed E-state index contributed by atoms with van der Waals surface area (Å²) in [6.45, 7) is 9.99. The van der Waals surface area contributed by atoms with Crippen molar-refractivity contribution in [3.8, 4) is 0 Å². The molecule has 1 saturated heterocycles. The minimum absolute atomic E-state index is 0.725. The van der Waals surface area contributed by atoms with E-state index in [1.54, 1.807) is 7.11 Å². The summed E-state index contributed by atoms with van der Waals surface area (Å²) in [5.41, 5.74) is 0. The predicted octanol–water partition coefficient (Wildman–Crippen LogP) is 1.73. The van der Waals surface area contributed by atoms with Crippen LogP contribution in [0.1, 0.15) is 33.1 Å². The Morgan fingerprint density at radius 1 is 1.38 bits per heavy atom. The van der Waals surface area contributed by atoms with Gasteiger partial charge in [0.1, 0.15) is 0 Å². The lowest BCUT2D eigenvalue weighted by Gasteiger charge is -2.35. The van der Waals surface area contributed by atoms with Crippen molar-refractivity contribution in [1.29, 1.82) is 0 Å². The Bertz CT molecular complexity index is 173. The van der Waals surface area contributed by atoms with E-state index in [-0.39, 0.29) is 0 Å². The van der Waals surface area contributed by atoms with E-state index in [2.05, 4.69) is 24.1 Å². The Hall–Kier alpha value is -0.120. The molecule has 1 rings (SSSR count). The molecule has 1 atom stereocenters. The molecule has 96 valence electrons. The van der Waals surface area contributed by atoms with E-state index in [0.29, 0.717) is 0 Å². The van der Waals surface area contributed by atoms with Crippen molar-refractivity contribution in [2.24, 2.45) is 5.92 Å². The van der Waals surface area contributed by atoms with Crippen LogP contribution >= 0.6 is 0 Å². The average Bonchev–Trinajstić information content (AvgIpc) is 2.27. The van der Waals surface area contributed by atoms with Crippen LogP contribution in [0.3, 0.4) is 0 Å². The monoisotopic (exact) mass is 228 g/mol. The van der Waals surface area contributed by atoms with Crippen LogP contribution < -0.4 is 5.32 Å². The number of methoxy groups -OCH3 is 1. The van der Waals surface area contributed by atoms with E-state index >= 15 is 0 Å². The van der Waals surface area contributed by atoms with Crippen molar-refractivity contribution in [2.45, 2.75) is 39.2 Å². The largest absolute Gasteiger partial charge is 0.383 e. The van der Waals surface area contributed by atoms with E-state index < -0.39 is 0 Å². The maximum absolute atomic E-state index is 5.17. The molecular weight excluding hydrogens is 200 g/mol. The second-order valence-electron chi connectivity index (χ2n) is 5.23. The molecule has 0 aromatic carbocycles. The second-order valence-corrected chi connectivity index (χ2v) is 5.23. The van der Waals surface area contributed by atoms with Crippen LogP contribution in [0.25, 0.3) is 0 Å². The number of rotatable bonds is 7. The quantitative estimate of drug-likeness (QED) is 0.718. The molecule has 1 heterocycles. The molecule has 1 fully saturated rings. The molecule has 0 amide bonds. The first-order chi connectivity index (χ1) is 7.74. The summed E-state index contributed by atoms with van der Waals surface area (Å²) < 4.78 is 5.17. The van der Waals surface area contributed by atoms with Gasteiger partial charge in [-0.2, -0.15) is 0 Å². The van der Waals surface area contributed by atoms with Crippen molar-refractivity contribution in [2.75, 3.05) is 39.9 Å². The molecule has 3 nitrogen and oxygen atoms in total. The third kappa shape index (κ3) is 5.28. The maximum Gasteiger partial charge on any atom is 0.0589 e. The highest BCUT2D eigenvalue weighted by Crippen LogP contribution is 2.15. The predicted molar refractivity (Wildman–Crippen MR) is 68.8 cm³/mol. The fourth-order valence-corrected chi connectivity index (χ4v) is 2.33. The number of piperidine rings is 1. The van der Waals surface area contributed by atoms with Crippen molar-refractivity contribution in [1.82, 2.24) is 10.2 Å². The van der Waals surface area contributed by atoms with Crippen molar-refractivity contribution < 1.29 is 4.74 Å². The number of hydrogen-bond acceptors (Lipinski definition) is 3. The third-order valence-corrected chi connectivity index (χ3v) is 3.26. The summed E-state index contributed by atoms with van der Waals surface area (Å²) in [7, 11) is 1.79. The Labute approximate surface area is 101 Å². The van der Waals surface area contributed by atoms with E-state index in [1.807, 2.05) is 0 Å². The fraction of sp³-hybridized carbons (Fsp3) is 1.00. The molecule has 3 heteroatoms. The van der Waals surface area contributed by atoms with Gasteiger partial charge in [-0.15, -0.1) is 0 Å². The lowest BCUT2D eigenvalue weighted by atomic mass is 10.0. The molecule has 0 aliphatic carbocycles. The van der Waals surface area contributed by atoms with Gasteiger partial charge in [-0.3, -0.25) is 4.90 Å². The summed E-state index contributed by atoms with van der Waals surface area (Å²) in [4.78, 5) is 2.58. The third-order valence-electron chi connectivity index (χ3n) is 3.26. The lowest BCUT2D eigenvalue weighted by molar-refractivity contribution is 0.0951. The molecule has 1 aliphatic rings. The molecule has 0 radical (unpaired) electrons. The Kier molecular flexibility index (Phi) is 7.01. The summed E-state index contributed by atoms with van der Waals surface area (Å²) >= 11 is 0. The normalized spacial score (nSPS) is 22.9. The number of likely N-dealkylation sites (tertiary alicyclic amines) is 1. The topological polar surface area (TPSA) is 24.5 Å². The minimum Gasteiger partial charge on any atom is -0.383 e. The van der Waals surface area contributed by atoms with Crippen molar-refractivity contribution >= 4 is 0 Å². The van der Waals surface area contributed by atoms with E-state index in [9.17, 15) is 0 Å². The molecule has 1 aliphatic heterocycles. The van der Waals surface area contributed by atoms with Gasteiger partial charge < -0.3 is 10.1 Å². The summed E-state index contributed by atoms with van der Waals surface area (Å²) in [6.07, 6.45) is 4.08. The van der Waals surface area contributed by atoms with Gasteiger partial charge in [0.25, 0.3) is 0 Å². The number of hydrogen-bond donors (Lipinski definition) is 1. The molecular formula is C13H28N2O. The van der Waals surface area contributed by atoms with Gasteiger partial charge in [-0.1, -0.05) is 20.3 Å². The maximum atomic E-state index is 5.17. The minimum atomic E-state index is 0.725. The molecule has 0 spiro atoms. The SMILES string of the molecule is COCCN1CCCCC1CNCC(C)C. The van der Waals surface area contributed by atoms with Crippen LogP contribution in [0.5, 0.6) is 0 Å². The van der Waals surface area contributed by atoms with Gasteiger partial charge >= 0.3 is 0 Å².